The largest absolute Gasteiger partial charge is 0.480 e. The highest BCUT2D eigenvalue weighted by atomic mass is 16.4. The molecule has 0 spiro atoms. The van der Waals surface area contributed by atoms with Gasteiger partial charge >= 0.3 is 5.97 Å². The standard InChI is InChI=1S/C15H21NO2/c1-11-3-6-13(7-4-11)16(10-15(17)18)14-8-5-12(2)9-14/h3-4,6-7,12,14H,5,8-10H2,1-2H3,(H,17,18). The summed E-state index contributed by atoms with van der Waals surface area (Å²) in [5.74, 6) is -0.0492. The van der Waals surface area contributed by atoms with Gasteiger partial charge in [-0.1, -0.05) is 24.6 Å². The number of carboxylic acid groups (broad SMARTS) is 1. The molecule has 98 valence electrons. The second-order valence-electron chi connectivity index (χ2n) is 5.43. The van der Waals surface area contributed by atoms with Crippen LogP contribution in [0.25, 0.3) is 0 Å². The number of anilines is 1. The van der Waals surface area contributed by atoms with E-state index in [9.17, 15) is 4.79 Å². The van der Waals surface area contributed by atoms with Gasteiger partial charge in [0.2, 0.25) is 0 Å². The predicted octanol–water partition coefficient (Wildman–Crippen LogP) is 3.07. The molecule has 0 aromatic heterocycles. The van der Waals surface area contributed by atoms with Crippen molar-refractivity contribution in [2.45, 2.75) is 39.2 Å². The maximum absolute atomic E-state index is 11.0. The zero-order valence-corrected chi connectivity index (χ0v) is 11.1. The molecule has 0 heterocycles. The number of benzene rings is 1. The minimum absolute atomic E-state index is 0.0977. The lowest BCUT2D eigenvalue weighted by molar-refractivity contribution is -0.135. The van der Waals surface area contributed by atoms with Gasteiger partial charge in [-0.25, -0.2) is 0 Å². The highest BCUT2D eigenvalue weighted by Gasteiger charge is 2.28. The smallest absolute Gasteiger partial charge is 0.323 e. The van der Waals surface area contributed by atoms with E-state index < -0.39 is 5.97 Å². The molecular formula is C15H21NO2. The van der Waals surface area contributed by atoms with Crippen molar-refractivity contribution >= 4 is 11.7 Å². The van der Waals surface area contributed by atoms with E-state index >= 15 is 0 Å². The van der Waals surface area contributed by atoms with E-state index in [1.165, 1.54) is 12.0 Å². The summed E-state index contributed by atoms with van der Waals surface area (Å²) in [6.45, 7) is 4.39. The fraction of sp³-hybridized carbons (Fsp3) is 0.533. The maximum atomic E-state index is 11.0. The highest BCUT2D eigenvalue weighted by Crippen LogP contribution is 2.31. The van der Waals surface area contributed by atoms with Gasteiger partial charge in [0.1, 0.15) is 6.54 Å². The average Bonchev–Trinajstić information content (AvgIpc) is 2.74. The van der Waals surface area contributed by atoms with Crippen molar-refractivity contribution in [3.8, 4) is 0 Å². The first kappa shape index (κ1) is 12.9. The molecule has 2 unspecified atom stereocenters. The van der Waals surface area contributed by atoms with Gasteiger partial charge < -0.3 is 10.0 Å². The summed E-state index contributed by atoms with van der Waals surface area (Å²) in [6, 6.07) is 8.52. The van der Waals surface area contributed by atoms with Crippen molar-refractivity contribution in [2.75, 3.05) is 11.4 Å². The number of rotatable bonds is 4. The molecule has 1 aliphatic rings. The van der Waals surface area contributed by atoms with Crippen LogP contribution in [-0.4, -0.2) is 23.7 Å². The molecule has 1 fully saturated rings. The van der Waals surface area contributed by atoms with Crippen LogP contribution in [-0.2, 0) is 4.79 Å². The van der Waals surface area contributed by atoms with Crippen molar-refractivity contribution in [2.24, 2.45) is 5.92 Å². The Balaban J connectivity index is 2.19. The molecule has 1 N–H and O–H groups in total. The van der Waals surface area contributed by atoms with Crippen molar-refractivity contribution in [3.05, 3.63) is 29.8 Å². The first-order valence-corrected chi connectivity index (χ1v) is 6.61. The van der Waals surface area contributed by atoms with E-state index in [1.54, 1.807) is 0 Å². The highest BCUT2D eigenvalue weighted by molar-refractivity contribution is 5.74. The zero-order chi connectivity index (χ0) is 13.1. The number of aliphatic carboxylic acids is 1. The van der Waals surface area contributed by atoms with Crippen LogP contribution in [0, 0.1) is 12.8 Å². The predicted molar refractivity (Wildman–Crippen MR) is 73.0 cm³/mol. The monoisotopic (exact) mass is 247 g/mol. The van der Waals surface area contributed by atoms with Crippen LogP contribution in [0.15, 0.2) is 24.3 Å². The van der Waals surface area contributed by atoms with E-state index in [1.807, 2.05) is 36.1 Å². The van der Waals surface area contributed by atoms with Gasteiger partial charge in [-0.2, -0.15) is 0 Å². The van der Waals surface area contributed by atoms with Crippen LogP contribution in [0.1, 0.15) is 31.7 Å². The van der Waals surface area contributed by atoms with Crippen LogP contribution >= 0.6 is 0 Å². The number of nitrogens with zero attached hydrogens (tertiary/aromatic N) is 1. The van der Waals surface area contributed by atoms with Gasteiger partial charge in [0, 0.05) is 11.7 Å². The Morgan fingerprint density at radius 2 is 2.00 bits per heavy atom. The van der Waals surface area contributed by atoms with Crippen molar-refractivity contribution in [1.29, 1.82) is 0 Å². The molecular weight excluding hydrogens is 226 g/mol. The van der Waals surface area contributed by atoms with Gasteiger partial charge in [-0.05, 0) is 44.2 Å². The molecule has 0 radical (unpaired) electrons. The Kier molecular flexibility index (Phi) is 3.90. The number of aryl methyl sites for hydroxylation is 1. The fourth-order valence-electron chi connectivity index (χ4n) is 2.77. The number of hydrogen-bond donors (Lipinski definition) is 1. The molecule has 18 heavy (non-hydrogen) atoms. The Bertz CT molecular complexity index is 413. The van der Waals surface area contributed by atoms with Gasteiger partial charge in [-0.15, -0.1) is 0 Å². The van der Waals surface area contributed by atoms with E-state index in [0.717, 1.165) is 18.5 Å². The topological polar surface area (TPSA) is 40.5 Å². The summed E-state index contributed by atoms with van der Waals surface area (Å²) in [5.41, 5.74) is 2.23. The third-order valence-corrected chi connectivity index (χ3v) is 3.78. The zero-order valence-electron chi connectivity index (χ0n) is 11.1. The fourth-order valence-corrected chi connectivity index (χ4v) is 2.77. The van der Waals surface area contributed by atoms with Crippen LogP contribution in [0.3, 0.4) is 0 Å². The quantitative estimate of drug-likeness (QED) is 0.889. The first-order chi connectivity index (χ1) is 8.56. The van der Waals surface area contributed by atoms with E-state index in [-0.39, 0.29) is 6.54 Å². The summed E-state index contributed by atoms with van der Waals surface area (Å²) < 4.78 is 0. The first-order valence-electron chi connectivity index (χ1n) is 6.61. The lowest BCUT2D eigenvalue weighted by atomic mass is 10.1. The second-order valence-corrected chi connectivity index (χ2v) is 5.43. The molecule has 3 nitrogen and oxygen atoms in total. The molecule has 1 aromatic rings. The average molecular weight is 247 g/mol. The summed E-state index contributed by atoms with van der Waals surface area (Å²) in [5, 5.41) is 9.08. The molecule has 0 amide bonds. The Morgan fingerprint density at radius 1 is 1.33 bits per heavy atom. The van der Waals surface area contributed by atoms with Crippen LogP contribution in [0.4, 0.5) is 5.69 Å². The SMILES string of the molecule is Cc1ccc(N(CC(=O)O)C2CCC(C)C2)cc1. The third kappa shape index (κ3) is 3.03. The minimum atomic E-state index is -0.755. The van der Waals surface area contributed by atoms with E-state index in [2.05, 4.69) is 6.92 Å². The summed E-state index contributed by atoms with van der Waals surface area (Å²) in [7, 11) is 0. The summed E-state index contributed by atoms with van der Waals surface area (Å²) in [6.07, 6.45) is 3.40. The van der Waals surface area contributed by atoms with E-state index in [0.29, 0.717) is 12.0 Å². The molecule has 0 saturated heterocycles. The molecule has 1 saturated carbocycles. The Morgan fingerprint density at radius 3 is 2.50 bits per heavy atom. The molecule has 2 atom stereocenters. The van der Waals surface area contributed by atoms with Gasteiger partial charge in [0.05, 0.1) is 0 Å². The second kappa shape index (κ2) is 5.42. The summed E-state index contributed by atoms with van der Waals surface area (Å²) >= 11 is 0. The van der Waals surface area contributed by atoms with Crippen LogP contribution < -0.4 is 4.90 Å². The van der Waals surface area contributed by atoms with Crippen molar-refractivity contribution < 1.29 is 9.90 Å². The Hall–Kier alpha value is -1.51. The van der Waals surface area contributed by atoms with Crippen molar-refractivity contribution in [3.63, 3.8) is 0 Å². The van der Waals surface area contributed by atoms with Crippen LogP contribution in [0.2, 0.25) is 0 Å². The Labute approximate surface area is 108 Å². The molecule has 0 aliphatic heterocycles. The van der Waals surface area contributed by atoms with Gasteiger partial charge in [0.25, 0.3) is 0 Å². The van der Waals surface area contributed by atoms with Gasteiger partial charge in [0.15, 0.2) is 0 Å². The minimum Gasteiger partial charge on any atom is -0.480 e. The molecule has 1 aliphatic carbocycles. The molecule has 1 aromatic carbocycles. The normalized spacial score (nSPS) is 23.0. The maximum Gasteiger partial charge on any atom is 0.323 e. The summed E-state index contributed by atoms with van der Waals surface area (Å²) in [4.78, 5) is 13.1. The lowest BCUT2D eigenvalue weighted by Crippen LogP contribution is -2.37. The van der Waals surface area contributed by atoms with Crippen LogP contribution in [0.5, 0.6) is 0 Å². The lowest BCUT2D eigenvalue weighted by Gasteiger charge is -2.30. The number of hydrogen-bond acceptors (Lipinski definition) is 2. The van der Waals surface area contributed by atoms with Crippen molar-refractivity contribution in [1.82, 2.24) is 0 Å². The molecule has 2 rings (SSSR count). The van der Waals surface area contributed by atoms with E-state index in [4.69, 9.17) is 5.11 Å². The molecule has 0 bridgehead atoms. The number of carboxylic acids is 1. The third-order valence-electron chi connectivity index (χ3n) is 3.78. The molecule has 3 heteroatoms. The number of carbonyl (C=O) groups is 1. The van der Waals surface area contributed by atoms with Gasteiger partial charge in [-0.3, -0.25) is 4.79 Å².